The third-order valence-electron chi connectivity index (χ3n) is 6.93. The van der Waals surface area contributed by atoms with Gasteiger partial charge in [-0.2, -0.15) is 0 Å². The van der Waals surface area contributed by atoms with Crippen molar-refractivity contribution >= 4 is 5.97 Å². The van der Waals surface area contributed by atoms with Crippen LogP contribution in [0.1, 0.15) is 56.6 Å². The normalized spacial score (nSPS) is 30.8. The fourth-order valence-corrected chi connectivity index (χ4v) is 5.65. The van der Waals surface area contributed by atoms with Crippen LogP contribution in [0.2, 0.25) is 0 Å². The molecule has 1 aromatic rings. The summed E-state index contributed by atoms with van der Waals surface area (Å²) in [4.78, 5) is 11.1. The Bertz CT molecular complexity index is 791. The van der Waals surface area contributed by atoms with E-state index in [9.17, 15) is 4.79 Å². The van der Waals surface area contributed by atoms with Crippen LogP contribution in [0.15, 0.2) is 42.0 Å². The fraction of sp³-hybridized carbons (Fsp3) is 0.542. The Morgan fingerprint density at radius 3 is 2.96 bits per heavy atom. The highest BCUT2D eigenvalue weighted by atomic mass is 16.5. The van der Waals surface area contributed by atoms with Gasteiger partial charge in [-0.25, -0.2) is 0 Å². The highest BCUT2D eigenvalue weighted by Crippen LogP contribution is 2.59. The summed E-state index contributed by atoms with van der Waals surface area (Å²) in [6, 6.07) is 6.65. The summed E-state index contributed by atoms with van der Waals surface area (Å²) in [5, 5.41) is 0. The first-order chi connectivity index (χ1) is 13.0. The number of carbonyl (C=O) groups is 1. The zero-order valence-electron chi connectivity index (χ0n) is 16.7. The molecule has 0 heterocycles. The summed E-state index contributed by atoms with van der Waals surface area (Å²) in [7, 11) is 1.74. The Labute approximate surface area is 162 Å². The van der Waals surface area contributed by atoms with Gasteiger partial charge in [-0.1, -0.05) is 36.8 Å². The van der Waals surface area contributed by atoms with Crippen LogP contribution in [0.25, 0.3) is 0 Å². The number of esters is 1. The van der Waals surface area contributed by atoms with E-state index in [1.165, 1.54) is 30.9 Å². The lowest BCUT2D eigenvalue weighted by molar-refractivity contribution is -0.141. The van der Waals surface area contributed by atoms with Crippen molar-refractivity contribution in [2.75, 3.05) is 13.7 Å². The Morgan fingerprint density at radius 2 is 2.19 bits per heavy atom. The lowest BCUT2D eigenvalue weighted by atomic mass is 9.55. The molecule has 3 aliphatic carbocycles. The second kappa shape index (κ2) is 7.18. The van der Waals surface area contributed by atoms with Gasteiger partial charge in [0, 0.05) is 12.3 Å². The molecule has 1 aromatic carbocycles. The lowest BCUT2D eigenvalue weighted by Crippen LogP contribution is -2.39. The third-order valence-corrected chi connectivity index (χ3v) is 6.93. The molecule has 0 bridgehead atoms. The van der Waals surface area contributed by atoms with E-state index in [1.54, 1.807) is 12.7 Å². The maximum Gasteiger partial charge on any atom is 0.302 e. The van der Waals surface area contributed by atoms with Crippen LogP contribution < -0.4 is 4.74 Å². The van der Waals surface area contributed by atoms with Crippen LogP contribution in [-0.2, 0) is 16.0 Å². The smallest absolute Gasteiger partial charge is 0.302 e. The largest absolute Gasteiger partial charge is 0.497 e. The van der Waals surface area contributed by atoms with E-state index < -0.39 is 0 Å². The Balaban J connectivity index is 1.63. The quantitative estimate of drug-likeness (QED) is 0.530. The molecule has 3 aliphatic rings. The van der Waals surface area contributed by atoms with E-state index in [2.05, 4.69) is 43.4 Å². The van der Waals surface area contributed by atoms with Crippen molar-refractivity contribution in [1.82, 2.24) is 0 Å². The average Bonchev–Trinajstić information content (AvgIpc) is 3.05. The molecule has 0 aliphatic heterocycles. The summed E-state index contributed by atoms with van der Waals surface area (Å²) in [5.41, 5.74) is 4.83. The zero-order chi connectivity index (χ0) is 19.0. The second-order valence-electron chi connectivity index (χ2n) is 8.58. The van der Waals surface area contributed by atoms with Crippen LogP contribution in [0, 0.1) is 17.3 Å². The van der Waals surface area contributed by atoms with Gasteiger partial charge in [-0.15, -0.1) is 0 Å². The molecule has 4 atom stereocenters. The predicted octanol–water partition coefficient (Wildman–Crippen LogP) is 5.21. The van der Waals surface area contributed by atoms with Gasteiger partial charge in [0.25, 0.3) is 0 Å². The SMILES string of the molecule is COc1ccc2c(c1)C[C@@H](CCCOC(C)=O)[C@H]1C3=CC=C[C@@]3(C)CC[C@H]21. The van der Waals surface area contributed by atoms with E-state index in [-0.39, 0.29) is 11.4 Å². The number of rotatable bonds is 5. The number of ether oxygens (including phenoxy) is 2. The molecule has 144 valence electrons. The molecule has 1 saturated carbocycles. The van der Waals surface area contributed by atoms with Crippen LogP contribution >= 0.6 is 0 Å². The van der Waals surface area contributed by atoms with E-state index in [4.69, 9.17) is 9.47 Å². The Kier molecular flexibility index (Phi) is 4.88. The van der Waals surface area contributed by atoms with E-state index in [0.29, 0.717) is 24.4 Å². The Morgan fingerprint density at radius 1 is 1.33 bits per heavy atom. The molecule has 1 fully saturated rings. The fourth-order valence-electron chi connectivity index (χ4n) is 5.65. The zero-order valence-corrected chi connectivity index (χ0v) is 16.7. The highest BCUT2D eigenvalue weighted by molar-refractivity contribution is 5.65. The topological polar surface area (TPSA) is 35.5 Å². The molecule has 27 heavy (non-hydrogen) atoms. The summed E-state index contributed by atoms with van der Waals surface area (Å²) < 4.78 is 10.7. The summed E-state index contributed by atoms with van der Waals surface area (Å²) in [6.45, 7) is 4.42. The Hall–Kier alpha value is -2.03. The molecular formula is C24H30O3. The van der Waals surface area contributed by atoms with Crippen molar-refractivity contribution in [1.29, 1.82) is 0 Å². The van der Waals surface area contributed by atoms with E-state index >= 15 is 0 Å². The molecule has 3 nitrogen and oxygen atoms in total. The minimum absolute atomic E-state index is 0.181. The standard InChI is InChI=1S/C24H30O3/c1-16(25)27-13-5-6-17-14-18-15-19(26-3)8-9-20(18)21-10-12-24(2)11-4-7-22(24)23(17)21/h4,7-9,11,15,17,21,23H,5-6,10,12-14H2,1-3H3/t17-,21-,23-,24+/m1/s1. The van der Waals surface area contributed by atoms with Gasteiger partial charge in [-0.3, -0.25) is 4.79 Å². The van der Waals surface area contributed by atoms with E-state index in [0.717, 1.165) is 25.0 Å². The van der Waals surface area contributed by atoms with Crippen molar-refractivity contribution in [2.24, 2.45) is 17.3 Å². The van der Waals surface area contributed by atoms with Crippen LogP contribution in [0.5, 0.6) is 5.75 Å². The first kappa shape index (κ1) is 18.3. The van der Waals surface area contributed by atoms with Crippen LogP contribution in [0.4, 0.5) is 0 Å². The van der Waals surface area contributed by atoms with Crippen molar-refractivity contribution in [3.8, 4) is 5.75 Å². The predicted molar refractivity (Wildman–Crippen MR) is 107 cm³/mol. The molecule has 0 spiro atoms. The first-order valence-electron chi connectivity index (χ1n) is 10.2. The minimum atomic E-state index is -0.181. The number of hydrogen-bond acceptors (Lipinski definition) is 3. The summed E-state index contributed by atoms with van der Waals surface area (Å²) in [6.07, 6.45) is 12.6. The van der Waals surface area contributed by atoms with Gasteiger partial charge in [0.1, 0.15) is 5.75 Å². The summed E-state index contributed by atoms with van der Waals surface area (Å²) >= 11 is 0. The number of carbonyl (C=O) groups excluding carboxylic acids is 1. The van der Waals surface area contributed by atoms with Gasteiger partial charge < -0.3 is 9.47 Å². The molecule has 0 amide bonds. The summed E-state index contributed by atoms with van der Waals surface area (Å²) in [5.74, 6) is 2.55. The highest BCUT2D eigenvalue weighted by Gasteiger charge is 2.47. The molecule has 0 aromatic heterocycles. The van der Waals surface area contributed by atoms with Crippen molar-refractivity contribution in [3.63, 3.8) is 0 Å². The monoisotopic (exact) mass is 366 g/mol. The van der Waals surface area contributed by atoms with Crippen molar-refractivity contribution < 1.29 is 14.3 Å². The number of fused-ring (bicyclic) bond motifs is 5. The molecule has 0 radical (unpaired) electrons. The lowest BCUT2D eigenvalue weighted by Gasteiger charge is -2.49. The number of allylic oxidation sites excluding steroid dienone is 4. The van der Waals surface area contributed by atoms with Gasteiger partial charge >= 0.3 is 5.97 Å². The van der Waals surface area contributed by atoms with Gasteiger partial charge in [0.05, 0.1) is 13.7 Å². The minimum Gasteiger partial charge on any atom is -0.497 e. The maximum atomic E-state index is 11.1. The molecule has 4 rings (SSSR count). The van der Waals surface area contributed by atoms with Gasteiger partial charge in [-0.05, 0) is 73.1 Å². The number of methoxy groups -OCH3 is 1. The van der Waals surface area contributed by atoms with Crippen molar-refractivity contribution in [3.05, 3.63) is 53.1 Å². The molecule has 0 unspecified atom stereocenters. The first-order valence-corrected chi connectivity index (χ1v) is 10.2. The van der Waals surface area contributed by atoms with E-state index in [1.807, 2.05) is 0 Å². The van der Waals surface area contributed by atoms with Gasteiger partial charge in [0.2, 0.25) is 0 Å². The van der Waals surface area contributed by atoms with Crippen molar-refractivity contribution in [2.45, 2.75) is 51.9 Å². The second-order valence-corrected chi connectivity index (χ2v) is 8.58. The number of hydrogen-bond donors (Lipinski definition) is 0. The maximum absolute atomic E-state index is 11.1. The average molecular weight is 367 g/mol. The number of benzene rings is 1. The van der Waals surface area contributed by atoms with Crippen LogP contribution in [0.3, 0.4) is 0 Å². The molecule has 3 heteroatoms. The molecule has 0 N–H and O–H groups in total. The molecular weight excluding hydrogens is 336 g/mol. The third kappa shape index (κ3) is 3.33. The van der Waals surface area contributed by atoms with Gasteiger partial charge in [0.15, 0.2) is 0 Å². The molecule has 0 saturated heterocycles. The van der Waals surface area contributed by atoms with Crippen LogP contribution in [-0.4, -0.2) is 19.7 Å².